The van der Waals surface area contributed by atoms with Gasteiger partial charge in [-0.1, -0.05) is 53.7 Å². The van der Waals surface area contributed by atoms with E-state index in [0.29, 0.717) is 16.5 Å². The Morgan fingerprint density at radius 1 is 0.783 bits per heavy atom. The van der Waals surface area contributed by atoms with Crippen molar-refractivity contribution in [2.24, 2.45) is 7.05 Å². The van der Waals surface area contributed by atoms with Crippen molar-refractivity contribution in [3.05, 3.63) is 169 Å². The molecule has 28 heteroatoms. The number of nitrogens with one attached hydrogen (secondary N) is 3. The van der Waals surface area contributed by atoms with Gasteiger partial charge in [-0.3, -0.25) is 23.0 Å². The minimum absolute atomic E-state index is 0. The predicted molar refractivity (Wildman–Crippen MR) is 222 cm³/mol. The van der Waals surface area contributed by atoms with Gasteiger partial charge in [0.1, 0.15) is 11.6 Å². The average Bonchev–Trinajstić information content (AvgIpc) is 3.23. The third kappa shape index (κ3) is 14.4. The molecule has 0 saturated carbocycles. The number of rotatable bonds is 10. The summed E-state index contributed by atoms with van der Waals surface area (Å²) in [5.41, 5.74) is -0.0445. The molecule has 1 aliphatic carbocycles. The van der Waals surface area contributed by atoms with Crippen molar-refractivity contribution in [1.29, 1.82) is 0 Å². The normalized spacial score (nSPS) is 10.6. The molecule has 330 valence electrons. The van der Waals surface area contributed by atoms with Crippen molar-refractivity contribution in [3.8, 4) is 11.1 Å². The zero-order chi connectivity index (χ0) is 47.3. The van der Waals surface area contributed by atoms with Crippen LogP contribution in [0.2, 0.25) is 0 Å². The number of pyridine rings is 1. The summed E-state index contributed by atoms with van der Waals surface area (Å²) >= 11 is 0. The molecule has 0 radical (unpaired) electrons. The molecule has 0 bridgehead atoms. The minimum atomic E-state index is -5.11. The number of carbonyl (C=O) groups excluding carboxylic acids is 3. The summed E-state index contributed by atoms with van der Waals surface area (Å²) < 4.78 is 89.2. The third-order valence-corrected chi connectivity index (χ3v) is 10.3. The van der Waals surface area contributed by atoms with Gasteiger partial charge in [-0.05, 0) is 28.7 Å². The number of aryl methyl sites for hydroxylation is 1. The molecule has 0 aliphatic heterocycles. The molecule has 0 saturated heterocycles. The van der Waals surface area contributed by atoms with Crippen molar-refractivity contribution in [3.63, 3.8) is 0 Å². The molecule has 0 amide bonds. The number of hydrogen-bond donors (Lipinski definition) is 3. The summed E-state index contributed by atoms with van der Waals surface area (Å²) in [6, 6.07) is 29.5. The van der Waals surface area contributed by atoms with Crippen molar-refractivity contribution in [2.75, 3.05) is 10.6 Å². The number of fused-ring (bicyclic) bond motifs is 2. The number of ketones is 2. The Labute approximate surface area is 481 Å². The van der Waals surface area contributed by atoms with Crippen molar-refractivity contribution in [1.82, 2.24) is 19.5 Å². The maximum absolute atomic E-state index is 14.4. The van der Waals surface area contributed by atoms with Gasteiger partial charge in [-0.25, -0.2) is 4.79 Å². The molecule has 2 aromatic heterocycles. The average molecular weight is 1030 g/mol. The zero-order valence-electron chi connectivity index (χ0n) is 36.6. The first kappa shape index (κ1) is 60.8. The zero-order valence-corrected chi connectivity index (χ0v) is 47.1. The Bertz CT molecular complexity index is 3580. The SMILES string of the molecule is Cn1c(=O)c(C(=O)c2c[c-]ccc2)c2c3c(c(Nc4[c-]cc(S(=O)(=O)[O-])c(Cc5nc(Nc6ccccc6C(=O)[O-])nc(=O)[nH]5)c4)ccc31)C(=O)c1ccccc1-2.O=S(=O)=O.O=S(=O)=O.[Na+].[Na+].[Na+].[Na+]. The van der Waals surface area contributed by atoms with Crippen LogP contribution >= 0.6 is 0 Å². The molecule has 21 nitrogen and oxygen atoms in total. The van der Waals surface area contributed by atoms with E-state index in [1.807, 2.05) is 0 Å². The van der Waals surface area contributed by atoms with Gasteiger partial charge in [0.05, 0.1) is 32.7 Å². The molecular formula is C41H24N6Na4O15S3. The van der Waals surface area contributed by atoms with E-state index in [-0.39, 0.29) is 186 Å². The number of aromatic amines is 1. The van der Waals surface area contributed by atoms with Crippen molar-refractivity contribution >= 4 is 82.8 Å². The molecule has 0 unspecified atom stereocenters. The van der Waals surface area contributed by atoms with Crippen LogP contribution in [0.15, 0.2) is 112 Å². The molecule has 2 heterocycles. The van der Waals surface area contributed by atoms with E-state index in [1.165, 1.54) is 48.0 Å². The van der Waals surface area contributed by atoms with Crippen molar-refractivity contribution < 1.29 is 176 Å². The van der Waals surface area contributed by atoms with Crippen LogP contribution in [-0.2, 0) is 44.8 Å². The molecule has 69 heavy (non-hydrogen) atoms. The van der Waals surface area contributed by atoms with Crippen LogP contribution in [0.4, 0.5) is 23.0 Å². The van der Waals surface area contributed by atoms with Crippen LogP contribution < -0.4 is 145 Å². The number of carbonyl (C=O) groups is 3. The largest absolute Gasteiger partial charge is 1.00 e. The molecule has 0 spiro atoms. The Morgan fingerprint density at radius 3 is 2.01 bits per heavy atom. The first-order chi connectivity index (χ1) is 30.8. The monoisotopic (exact) mass is 1030 g/mol. The van der Waals surface area contributed by atoms with E-state index >= 15 is 0 Å². The maximum Gasteiger partial charge on any atom is 1.00 e. The molecule has 8 rings (SSSR count). The summed E-state index contributed by atoms with van der Waals surface area (Å²) in [7, 11) is -9.83. The number of nitrogens with zero attached hydrogens (tertiary/aromatic N) is 3. The first-order valence-corrected chi connectivity index (χ1v) is 21.4. The summed E-state index contributed by atoms with van der Waals surface area (Å²) in [4.78, 5) is 76.2. The van der Waals surface area contributed by atoms with E-state index in [1.54, 1.807) is 54.6 Å². The van der Waals surface area contributed by atoms with Crippen LogP contribution in [0.3, 0.4) is 0 Å². The van der Waals surface area contributed by atoms with Crippen molar-refractivity contribution in [2.45, 2.75) is 11.3 Å². The number of aromatic nitrogens is 4. The summed E-state index contributed by atoms with van der Waals surface area (Å²) in [6.45, 7) is 0. The third-order valence-electron chi connectivity index (χ3n) is 9.41. The molecule has 7 aromatic rings. The van der Waals surface area contributed by atoms with E-state index in [2.05, 4.69) is 37.7 Å². The molecule has 1 aliphatic rings. The Morgan fingerprint density at radius 2 is 1.41 bits per heavy atom. The summed E-state index contributed by atoms with van der Waals surface area (Å²) in [5.74, 6) is -2.95. The van der Waals surface area contributed by atoms with Gasteiger partial charge < -0.3 is 34.4 Å². The number of benzene rings is 5. The van der Waals surface area contributed by atoms with E-state index in [4.69, 9.17) is 25.3 Å². The van der Waals surface area contributed by atoms with Gasteiger partial charge in [0.2, 0.25) is 5.95 Å². The van der Waals surface area contributed by atoms with Gasteiger partial charge in [0, 0.05) is 46.9 Å². The molecule has 3 N–H and O–H groups in total. The van der Waals surface area contributed by atoms with Crippen LogP contribution in [0, 0.1) is 12.1 Å². The second-order valence-electron chi connectivity index (χ2n) is 13.3. The number of aromatic carboxylic acids is 1. The van der Waals surface area contributed by atoms with Crippen LogP contribution in [0.25, 0.3) is 22.0 Å². The molecule has 5 aromatic carbocycles. The van der Waals surface area contributed by atoms with Crippen LogP contribution in [-0.4, -0.2) is 75.3 Å². The Hall–Kier alpha value is -4.32. The number of carboxylic acid groups (broad SMARTS) is 1. The van der Waals surface area contributed by atoms with Crippen LogP contribution in [0.5, 0.6) is 0 Å². The van der Waals surface area contributed by atoms with E-state index in [9.17, 15) is 42.0 Å². The Balaban J connectivity index is 0.00000127. The van der Waals surface area contributed by atoms with E-state index < -0.39 is 71.4 Å². The molecule has 0 atom stereocenters. The summed E-state index contributed by atoms with van der Waals surface area (Å²) in [6.07, 6.45) is -0.430. The van der Waals surface area contributed by atoms with Gasteiger partial charge in [-0.2, -0.15) is 52.4 Å². The quantitative estimate of drug-likeness (QED) is 0.0496. The number of H-pyrrole nitrogens is 1. The Kier molecular flexibility index (Phi) is 23.1. The fraction of sp³-hybridized carbons (Fsp3) is 0.0488. The second-order valence-corrected chi connectivity index (χ2v) is 15.4. The van der Waals surface area contributed by atoms with Gasteiger partial charge in [-0.15, -0.1) is 36.9 Å². The number of carboxylic acids is 1. The smallest absolute Gasteiger partial charge is 0.754 e. The second kappa shape index (κ2) is 26.2. The van der Waals surface area contributed by atoms with Gasteiger partial charge >= 0.3 is 145 Å². The molecule has 0 fully saturated rings. The predicted octanol–water partition coefficient (Wildman–Crippen LogP) is -10.6. The van der Waals surface area contributed by atoms with Gasteiger partial charge in [0.25, 0.3) is 5.56 Å². The topological polar surface area (TPSA) is 339 Å². The first-order valence-electron chi connectivity index (χ1n) is 18.0. The number of hydrogen-bond acceptors (Lipinski definition) is 19. The van der Waals surface area contributed by atoms with Crippen LogP contribution in [0.1, 0.15) is 53.6 Å². The standard InChI is InChI=1S/C41H26N6O9S.4Na.2O3S/c1-47-29-17-16-28(33-34(29)32(24-11-5-6-12-25(24)37(33)49)35(38(47)50)36(48)21-9-3-2-4-10-21)42-23-15-18-30(57(54,55)56)22(19-23)20-31-44-40(46-41(53)45-31)43-27-14-8-7-13-26(27)39(51)52;;;;;2*1-4(2)3/h2-3,5-14,16-19,42H,20H2,1H3,(H,51,52)(H,54,55,56)(H2,43,44,45,46,53);;;;;;/q-2;4*+1;;/p-2. The summed E-state index contributed by atoms with van der Waals surface area (Å²) in [5, 5.41) is 17.7. The number of anilines is 4. The molecular weight excluding hydrogens is 1000 g/mol. The van der Waals surface area contributed by atoms with E-state index in [0.717, 1.165) is 6.07 Å². The fourth-order valence-corrected chi connectivity index (χ4v) is 7.57. The minimum Gasteiger partial charge on any atom is -0.754 e. The fourth-order valence-electron chi connectivity index (χ4n) is 6.92. The maximum atomic E-state index is 14.4. The van der Waals surface area contributed by atoms with Gasteiger partial charge in [0.15, 0.2) is 5.78 Å². The number of para-hydroxylation sites is 1.